The molecule has 0 saturated carbocycles. The Kier molecular flexibility index (Phi) is 7.17. The summed E-state index contributed by atoms with van der Waals surface area (Å²) >= 11 is 13.5. The molecule has 3 nitrogen and oxygen atoms in total. The van der Waals surface area contributed by atoms with E-state index in [1.807, 2.05) is 13.2 Å². The van der Waals surface area contributed by atoms with E-state index in [-0.39, 0.29) is 17.9 Å². The van der Waals surface area contributed by atoms with E-state index in [1.54, 1.807) is 19.1 Å². The van der Waals surface area contributed by atoms with Crippen molar-refractivity contribution in [3.05, 3.63) is 27.7 Å². The molecule has 0 spiro atoms. The van der Waals surface area contributed by atoms with Crippen molar-refractivity contribution in [2.45, 2.75) is 31.3 Å². The van der Waals surface area contributed by atoms with Crippen molar-refractivity contribution in [3.63, 3.8) is 0 Å². The molecule has 0 heterocycles. The summed E-state index contributed by atoms with van der Waals surface area (Å²) in [5.41, 5.74) is 0.421. The number of hydrogen-bond acceptors (Lipinski definition) is 3. The third-order valence-corrected chi connectivity index (χ3v) is 4.36. The average molecular weight is 336 g/mol. The minimum atomic E-state index is -0.371. The summed E-state index contributed by atoms with van der Waals surface area (Å²) in [5.74, 6) is -0.0237. The number of benzene rings is 1. The zero-order valence-electron chi connectivity index (χ0n) is 11.7. The fourth-order valence-electron chi connectivity index (χ4n) is 1.89. The highest BCUT2D eigenvalue weighted by Crippen LogP contribution is 2.31. The maximum atomic E-state index is 12.1. The van der Waals surface area contributed by atoms with E-state index in [4.69, 9.17) is 23.2 Å². The summed E-state index contributed by atoms with van der Waals surface area (Å²) in [4.78, 5) is 12.9. The van der Waals surface area contributed by atoms with E-state index in [0.29, 0.717) is 28.6 Å². The Labute approximate surface area is 134 Å². The maximum Gasteiger partial charge on any atom is 0.252 e. The van der Waals surface area contributed by atoms with Gasteiger partial charge in [-0.2, -0.15) is 0 Å². The monoisotopic (exact) mass is 335 g/mol. The molecule has 0 saturated heterocycles. The summed E-state index contributed by atoms with van der Waals surface area (Å²) in [6, 6.07) is 3.28. The zero-order valence-corrected chi connectivity index (χ0v) is 14.1. The van der Waals surface area contributed by atoms with Crippen LogP contribution < -0.4 is 5.32 Å². The number of aliphatic hydroxyl groups excluding tert-OH is 1. The van der Waals surface area contributed by atoms with Crippen LogP contribution in [0.25, 0.3) is 0 Å². The molecule has 1 amide bonds. The fourth-order valence-corrected chi connectivity index (χ4v) is 3.08. The summed E-state index contributed by atoms with van der Waals surface area (Å²) in [6.45, 7) is 4.21. The number of hydrogen-bond donors (Lipinski definition) is 2. The number of rotatable bonds is 6. The van der Waals surface area contributed by atoms with Crippen molar-refractivity contribution in [1.82, 2.24) is 5.32 Å². The predicted octanol–water partition coefficient (Wildman–Crippen LogP) is 3.85. The molecule has 0 radical (unpaired) electrons. The molecule has 0 aromatic heterocycles. The minimum Gasteiger partial charge on any atom is -0.393 e. The van der Waals surface area contributed by atoms with Gasteiger partial charge in [0.15, 0.2) is 0 Å². The second-order valence-corrected chi connectivity index (χ2v) is 6.53. The molecular weight excluding hydrogens is 317 g/mol. The van der Waals surface area contributed by atoms with Crippen LogP contribution in [0.1, 0.15) is 30.6 Å². The topological polar surface area (TPSA) is 49.3 Å². The first kappa shape index (κ1) is 17.6. The number of thioether (sulfide) groups is 1. The van der Waals surface area contributed by atoms with E-state index in [0.717, 1.165) is 4.90 Å². The second kappa shape index (κ2) is 8.13. The highest BCUT2D eigenvalue weighted by Gasteiger charge is 2.15. The van der Waals surface area contributed by atoms with Gasteiger partial charge in [0.1, 0.15) is 0 Å². The lowest BCUT2D eigenvalue weighted by atomic mass is 10.0. The Morgan fingerprint density at radius 3 is 2.55 bits per heavy atom. The van der Waals surface area contributed by atoms with Gasteiger partial charge in [-0.3, -0.25) is 4.79 Å². The largest absolute Gasteiger partial charge is 0.393 e. The number of carbonyl (C=O) groups is 1. The molecule has 20 heavy (non-hydrogen) atoms. The molecule has 2 atom stereocenters. The van der Waals surface area contributed by atoms with E-state index < -0.39 is 0 Å². The van der Waals surface area contributed by atoms with Crippen molar-refractivity contribution in [2.24, 2.45) is 5.92 Å². The number of carbonyl (C=O) groups excluding carboxylic acids is 1. The summed E-state index contributed by atoms with van der Waals surface area (Å²) in [7, 11) is 0. The molecule has 1 rings (SSSR count). The number of nitrogens with one attached hydrogen (secondary N) is 1. The molecule has 0 aliphatic rings. The highest BCUT2D eigenvalue weighted by molar-refractivity contribution is 7.98. The molecule has 0 fully saturated rings. The second-order valence-electron chi connectivity index (χ2n) is 4.87. The van der Waals surface area contributed by atoms with E-state index in [9.17, 15) is 9.90 Å². The Bertz CT molecular complexity index is 480. The van der Waals surface area contributed by atoms with Gasteiger partial charge in [-0.05, 0) is 37.7 Å². The zero-order chi connectivity index (χ0) is 15.3. The molecular formula is C14H19Cl2NO2S. The summed E-state index contributed by atoms with van der Waals surface area (Å²) < 4.78 is 0. The fraction of sp³-hybridized carbons (Fsp3) is 0.500. The van der Waals surface area contributed by atoms with Crippen LogP contribution in [-0.4, -0.2) is 29.9 Å². The van der Waals surface area contributed by atoms with E-state index in [1.165, 1.54) is 11.8 Å². The van der Waals surface area contributed by atoms with Crippen molar-refractivity contribution >= 4 is 40.9 Å². The lowest BCUT2D eigenvalue weighted by Gasteiger charge is -2.15. The molecule has 1 aromatic rings. The first-order valence-electron chi connectivity index (χ1n) is 6.34. The van der Waals surface area contributed by atoms with E-state index in [2.05, 4.69) is 5.32 Å². The summed E-state index contributed by atoms with van der Waals surface area (Å²) in [5, 5.41) is 13.0. The van der Waals surface area contributed by atoms with Gasteiger partial charge in [-0.1, -0.05) is 30.1 Å². The molecule has 2 N–H and O–H groups in total. The minimum absolute atomic E-state index is 0.199. The van der Waals surface area contributed by atoms with Crippen LogP contribution in [0.3, 0.4) is 0 Å². The van der Waals surface area contributed by atoms with Crippen LogP contribution in [-0.2, 0) is 0 Å². The van der Waals surface area contributed by atoms with Gasteiger partial charge < -0.3 is 10.4 Å². The molecule has 1 aromatic carbocycles. The standard InChI is InChI=1S/C14H19Cl2NO2S/c1-8(4-9(2)18)7-17-14(19)10-5-13(20-3)12(16)6-11(10)15/h5-6,8-9,18H,4,7H2,1-3H3,(H,17,19). The van der Waals surface area contributed by atoms with Gasteiger partial charge in [-0.25, -0.2) is 0 Å². The van der Waals surface area contributed by atoms with Crippen molar-refractivity contribution in [2.75, 3.05) is 12.8 Å². The third kappa shape index (κ3) is 5.17. The Morgan fingerprint density at radius 1 is 1.35 bits per heavy atom. The van der Waals surface area contributed by atoms with Crippen molar-refractivity contribution < 1.29 is 9.90 Å². The Morgan fingerprint density at radius 2 is 2.00 bits per heavy atom. The van der Waals surface area contributed by atoms with Gasteiger partial charge >= 0.3 is 0 Å². The van der Waals surface area contributed by atoms with Gasteiger partial charge in [-0.15, -0.1) is 11.8 Å². The first-order valence-corrected chi connectivity index (χ1v) is 8.32. The van der Waals surface area contributed by atoms with Crippen molar-refractivity contribution in [1.29, 1.82) is 0 Å². The Hall–Kier alpha value is -0.420. The van der Waals surface area contributed by atoms with Crippen LogP contribution in [0.4, 0.5) is 0 Å². The summed E-state index contributed by atoms with van der Waals surface area (Å²) in [6.07, 6.45) is 2.16. The van der Waals surface area contributed by atoms with Crippen LogP contribution in [0.5, 0.6) is 0 Å². The molecule has 0 bridgehead atoms. The highest BCUT2D eigenvalue weighted by atomic mass is 35.5. The normalized spacial score (nSPS) is 13.9. The average Bonchev–Trinajstić information content (AvgIpc) is 2.35. The number of aliphatic hydroxyl groups is 1. The predicted molar refractivity (Wildman–Crippen MR) is 86.0 cm³/mol. The molecule has 0 aliphatic carbocycles. The van der Waals surface area contributed by atoms with Crippen LogP contribution >= 0.6 is 35.0 Å². The van der Waals surface area contributed by atoms with Crippen LogP contribution in [0.15, 0.2) is 17.0 Å². The lowest BCUT2D eigenvalue weighted by molar-refractivity contribution is 0.0939. The molecule has 2 unspecified atom stereocenters. The molecule has 6 heteroatoms. The third-order valence-electron chi connectivity index (χ3n) is 2.84. The van der Waals surface area contributed by atoms with Gasteiger partial charge in [0.2, 0.25) is 0 Å². The lowest BCUT2D eigenvalue weighted by Crippen LogP contribution is -2.29. The Balaban J connectivity index is 2.73. The SMILES string of the molecule is CSc1cc(C(=O)NCC(C)CC(C)O)c(Cl)cc1Cl. The molecule has 0 aliphatic heterocycles. The number of halogens is 2. The van der Waals surface area contributed by atoms with Gasteiger partial charge in [0, 0.05) is 11.4 Å². The van der Waals surface area contributed by atoms with Crippen LogP contribution in [0.2, 0.25) is 10.0 Å². The first-order chi connectivity index (χ1) is 9.35. The number of amides is 1. The maximum absolute atomic E-state index is 12.1. The molecule has 112 valence electrons. The van der Waals surface area contributed by atoms with Crippen LogP contribution in [0, 0.1) is 5.92 Å². The van der Waals surface area contributed by atoms with E-state index >= 15 is 0 Å². The van der Waals surface area contributed by atoms with Gasteiger partial charge in [0.25, 0.3) is 5.91 Å². The van der Waals surface area contributed by atoms with Crippen molar-refractivity contribution in [3.8, 4) is 0 Å². The van der Waals surface area contributed by atoms with Gasteiger partial charge in [0.05, 0.1) is 21.7 Å². The quantitative estimate of drug-likeness (QED) is 0.776. The smallest absolute Gasteiger partial charge is 0.252 e.